The number of nitrogen functional groups attached to an aromatic ring is 1. The number of hydrogen-bond donors (Lipinski definition) is 2. The summed E-state index contributed by atoms with van der Waals surface area (Å²) in [6.45, 7) is 5.90. The van der Waals surface area contributed by atoms with Gasteiger partial charge in [0.25, 0.3) is 0 Å². The Balaban J connectivity index is 2.01. The van der Waals surface area contributed by atoms with Crippen molar-refractivity contribution in [1.29, 1.82) is 0 Å². The third kappa shape index (κ3) is 2.62. The number of benzene rings is 1. The van der Waals surface area contributed by atoms with Gasteiger partial charge in [-0.15, -0.1) is 0 Å². The molecule has 1 aliphatic rings. The Bertz CT molecular complexity index is 916. The molecule has 0 aliphatic carbocycles. The normalized spacial score (nSPS) is 20.0. The van der Waals surface area contributed by atoms with Gasteiger partial charge in [-0.3, -0.25) is 0 Å². The molecule has 1 aliphatic heterocycles. The van der Waals surface area contributed by atoms with Crippen molar-refractivity contribution in [3.05, 3.63) is 36.5 Å². The zero-order valence-electron chi connectivity index (χ0n) is 14.6. The molecule has 3 aromatic rings. The number of nitrogens with two attached hydrogens (primary N) is 1. The smallest absolute Gasteiger partial charge is 0.206 e. The molecule has 0 spiro atoms. The number of hydrogen-bond acceptors (Lipinski definition) is 5. The van der Waals surface area contributed by atoms with Gasteiger partial charge in [-0.2, -0.15) is 0 Å². The summed E-state index contributed by atoms with van der Waals surface area (Å²) in [7, 11) is 0. The number of pyridine rings is 1. The topological polar surface area (TPSA) is 80.2 Å². The summed E-state index contributed by atoms with van der Waals surface area (Å²) in [4.78, 5) is 11.3. The molecule has 1 atom stereocenters. The zero-order chi connectivity index (χ0) is 17.6. The molecule has 130 valence electrons. The number of nitrogens with zero attached hydrogens (tertiary/aromatic N) is 4. The number of imidazole rings is 1. The molecule has 1 unspecified atom stereocenters. The lowest BCUT2D eigenvalue weighted by atomic mass is 10.0. The molecular formula is C19H23N5O. The monoisotopic (exact) mass is 337 g/mol. The van der Waals surface area contributed by atoms with Crippen molar-refractivity contribution < 1.29 is 5.11 Å². The second-order valence-electron chi connectivity index (χ2n) is 7.04. The number of aromatic nitrogens is 3. The van der Waals surface area contributed by atoms with Gasteiger partial charge < -0.3 is 20.3 Å². The molecular weight excluding hydrogens is 314 g/mol. The van der Waals surface area contributed by atoms with Crippen LogP contribution in [0.1, 0.15) is 20.3 Å². The van der Waals surface area contributed by atoms with Crippen molar-refractivity contribution in [2.45, 2.75) is 32.4 Å². The number of rotatable bonds is 3. The Kier molecular flexibility index (Phi) is 3.65. The van der Waals surface area contributed by atoms with Crippen molar-refractivity contribution >= 4 is 22.8 Å². The average Bonchev–Trinajstić information content (AvgIpc) is 2.96. The largest absolute Gasteiger partial charge is 0.386 e. The molecule has 0 radical (unpaired) electrons. The summed E-state index contributed by atoms with van der Waals surface area (Å²) < 4.78 is 2.09. The predicted octanol–water partition coefficient (Wildman–Crippen LogP) is 2.66. The van der Waals surface area contributed by atoms with E-state index in [0.717, 1.165) is 35.6 Å². The third-order valence-corrected chi connectivity index (χ3v) is 4.67. The molecule has 6 heteroatoms. The Morgan fingerprint density at radius 1 is 1.24 bits per heavy atom. The summed E-state index contributed by atoms with van der Waals surface area (Å²) in [5.74, 6) is 1.29. The number of anilines is 2. The minimum atomic E-state index is -0.818. The van der Waals surface area contributed by atoms with Gasteiger partial charge in [0.2, 0.25) is 5.95 Å². The van der Waals surface area contributed by atoms with Gasteiger partial charge in [-0.05, 0) is 18.9 Å². The lowest BCUT2D eigenvalue weighted by molar-refractivity contribution is 0.0416. The zero-order valence-corrected chi connectivity index (χ0v) is 14.6. The molecule has 6 nitrogen and oxygen atoms in total. The van der Waals surface area contributed by atoms with Gasteiger partial charge in [-0.1, -0.05) is 37.3 Å². The van der Waals surface area contributed by atoms with Crippen molar-refractivity contribution in [2.24, 2.45) is 0 Å². The standard InChI is InChI=1S/C19H23N5O/c1-3-9-23-11-19(2,25)12-24-16-14(13-7-5-4-6-8-13)10-21-17(20)15(16)22-18(23)24/h4-8,10,25H,3,9,11-12H2,1-2H3,(H2,20,21). The molecule has 0 fully saturated rings. The van der Waals surface area contributed by atoms with Crippen LogP contribution in [0.2, 0.25) is 0 Å². The van der Waals surface area contributed by atoms with Crippen LogP contribution in [0.15, 0.2) is 36.5 Å². The molecule has 0 saturated carbocycles. The fourth-order valence-corrected chi connectivity index (χ4v) is 3.69. The lowest BCUT2D eigenvalue weighted by Gasteiger charge is -2.38. The molecule has 0 amide bonds. The van der Waals surface area contributed by atoms with Gasteiger partial charge in [0.15, 0.2) is 5.82 Å². The Morgan fingerprint density at radius 3 is 2.72 bits per heavy atom. The number of aliphatic hydroxyl groups is 1. The summed E-state index contributed by atoms with van der Waals surface area (Å²) in [5, 5.41) is 10.8. The lowest BCUT2D eigenvalue weighted by Crippen LogP contribution is -2.49. The van der Waals surface area contributed by atoms with E-state index in [9.17, 15) is 5.11 Å². The van der Waals surface area contributed by atoms with Crippen LogP contribution in [0.25, 0.3) is 22.2 Å². The maximum absolute atomic E-state index is 10.8. The van der Waals surface area contributed by atoms with Crippen molar-refractivity contribution in [3.63, 3.8) is 0 Å². The van der Waals surface area contributed by atoms with E-state index in [1.54, 1.807) is 6.20 Å². The third-order valence-electron chi connectivity index (χ3n) is 4.67. The van der Waals surface area contributed by atoms with E-state index in [-0.39, 0.29) is 0 Å². The fraction of sp³-hybridized carbons (Fsp3) is 0.368. The average molecular weight is 337 g/mol. The van der Waals surface area contributed by atoms with Crippen LogP contribution in [0.5, 0.6) is 0 Å². The van der Waals surface area contributed by atoms with E-state index >= 15 is 0 Å². The van der Waals surface area contributed by atoms with Crippen LogP contribution in [0.4, 0.5) is 11.8 Å². The summed E-state index contributed by atoms with van der Waals surface area (Å²) >= 11 is 0. The maximum Gasteiger partial charge on any atom is 0.206 e. The quantitative estimate of drug-likeness (QED) is 0.768. The van der Waals surface area contributed by atoms with E-state index in [1.807, 2.05) is 25.1 Å². The highest BCUT2D eigenvalue weighted by atomic mass is 16.3. The fourth-order valence-electron chi connectivity index (χ4n) is 3.69. The first-order valence-electron chi connectivity index (χ1n) is 8.67. The Labute approximate surface area is 146 Å². The second kappa shape index (κ2) is 5.74. The Hall–Kier alpha value is -2.60. The molecule has 0 bridgehead atoms. The van der Waals surface area contributed by atoms with Gasteiger partial charge >= 0.3 is 0 Å². The molecule has 3 heterocycles. The first-order chi connectivity index (χ1) is 12.0. The molecule has 0 saturated heterocycles. The molecule has 4 rings (SSSR count). The summed E-state index contributed by atoms with van der Waals surface area (Å²) in [6, 6.07) is 10.1. The van der Waals surface area contributed by atoms with E-state index < -0.39 is 5.60 Å². The minimum absolute atomic E-state index is 0.424. The maximum atomic E-state index is 10.8. The van der Waals surface area contributed by atoms with E-state index in [4.69, 9.17) is 10.7 Å². The van der Waals surface area contributed by atoms with Crippen LogP contribution in [-0.2, 0) is 6.54 Å². The van der Waals surface area contributed by atoms with Crippen molar-refractivity contribution in [2.75, 3.05) is 23.7 Å². The molecule has 1 aromatic carbocycles. The van der Waals surface area contributed by atoms with E-state index in [2.05, 4.69) is 33.5 Å². The van der Waals surface area contributed by atoms with Crippen LogP contribution in [-0.4, -0.2) is 38.3 Å². The van der Waals surface area contributed by atoms with Crippen LogP contribution >= 0.6 is 0 Å². The second-order valence-corrected chi connectivity index (χ2v) is 7.04. The van der Waals surface area contributed by atoms with Gasteiger partial charge in [0, 0.05) is 18.3 Å². The van der Waals surface area contributed by atoms with Crippen LogP contribution in [0, 0.1) is 0 Å². The first-order valence-corrected chi connectivity index (χ1v) is 8.67. The van der Waals surface area contributed by atoms with Crippen molar-refractivity contribution in [3.8, 4) is 11.1 Å². The molecule has 3 N–H and O–H groups in total. The summed E-state index contributed by atoms with van der Waals surface area (Å²) in [6.07, 6.45) is 2.79. The van der Waals surface area contributed by atoms with Gasteiger partial charge in [-0.25, -0.2) is 9.97 Å². The van der Waals surface area contributed by atoms with Gasteiger partial charge in [0.1, 0.15) is 5.52 Å². The Morgan fingerprint density at radius 2 is 2.00 bits per heavy atom. The number of β-amino-alcohol motifs (C(OH)–C–C–N with tert-alkyl or cyclic N) is 1. The van der Waals surface area contributed by atoms with Gasteiger partial charge in [0.05, 0.1) is 24.2 Å². The SMILES string of the molecule is CCCN1CC(C)(O)Cn2c1nc1c(N)ncc(-c3ccccc3)c12. The molecule has 25 heavy (non-hydrogen) atoms. The van der Waals surface area contributed by atoms with Crippen LogP contribution in [0.3, 0.4) is 0 Å². The number of fused-ring (bicyclic) bond motifs is 3. The van der Waals surface area contributed by atoms with E-state index in [0.29, 0.717) is 24.4 Å². The molecule has 2 aromatic heterocycles. The summed E-state index contributed by atoms with van der Waals surface area (Å²) in [5.41, 5.74) is 9.01. The van der Waals surface area contributed by atoms with E-state index in [1.165, 1.54) is 0 Å². The predicted molar refractivity (Wildman–Crippen MR) is 101 cm³/mol. The minimum Gasteiger partial charge on any atom is -0.386 e. The van der Waals surface area contributed by atoms with Crippen molar-refractivity contribution in [1.82, 2.24) is 14.5 Å². The van der Waals surface area contributed by atoms with Crippen LogP contribution < -0.4 is 10.6 Å². The highest BCUT2D eigenvalue weighted by Gasteiger charge is 2.35. The highest BCUT2D eigenvalue weighted by Crippen LogP contribution is 2.37. The first kappa shape index (κ1) is 15.9. The highest BCUT2D eigenvalue weighted by molar-refractivity contribution is 5.98.